The van der Waals surface area contributed by atoms with Crippen LogP contribution in [0.1, 0.15) is 29.9 Å². The molecule has 0 aliphatic heterocycles. The number of methoxy groups -OCH3 is 1. The van der Waals surface area contributed by atoms with Crippen molar-refractivity contribution in [1.82, 2.24) is 20.2 Å². The van der Waals surface area contributed by atoms with Gasteiger partial charge in [0, 0.05) is 25.5 Å². The number of rotatable bonds is 8. The fourth-order valence-corrected chi connectivity index (χ4v) is 3.09. The number of hydrogen-bond donors (Lipinski definition) is 2. The van der Waals surface area contributed by atoms with E-state index in [9.17, 15) is 14.0 Å². The standard InChI is InChI=1S/C24H25FN4O3/c1-16(27-21(30)13-6-17-4-11-20(32-3)12-5-17)24(31)28-22(23-26-14-15-29(23)2)18-7-9-19(25)10-8-18/h4-16,22H,1-3H3,(H,27,30)(H,28,31)/b13-6+. The first-order valence-corrected chi connectivity index (χ1v) is 10.0. The normalized spacial score (nSPS) is 12.9. The summed E-state index contributed by atoms with van der Waals surface area (Å²) in [6, 6.07) is 11.7. The van der Waals surface area contributed by atoms with Crippen molar-refractivity contribution in [2.24, 2.45) is 7.05 Å². The van der Waals surface area contributed by atoms with Gasteiger partial charge in [0.15, 0.2) is 0 Å². The molecular formula is C24H25FN4O3. The summed E-state index contributed by atoms with van der Waals surface area (Å²) in [6.07, 6.45) is 6.39. The number of aromatic nitrogens is 2. The summed E-state index contributed by atoms with van der Waals surface area (Å²) in [4.78, 5) is 29.4. The number of halogens is 1. The lowest BCUT2D eigenvalue weighted by Gasteiger charge is -2.21. The van der Waals surface area contributed by atoms with E-state index >= 15 is 0 Å². The summed E-state index contributed by atoms with van der Waals surface area (Å²) in [7, 11) is 3.39. The van der Waals surface area contributed by atoms with Gasteiger partial charge in [0.2, 0.25) is 11.8 Å². The number of benzene rings is 2. The first kappa shape index (κ1) is 22.7. The maximum Gasteiger partial charge on any atom is 0.244 e. The largest absolute Gasteiger partial charge is 0.497 e. The molecule has 2 N–H and O–H groups in total. The molecule has 166 valence electrons. The number of carbonyl (C=O) groups is 2. The third-order valence-corrected chi connectivity index (χ3v) is 4.90. The Morgan fingerprint density at radius 2 is 1.78 bits per heavy atom. The predicted octanol–water partition coefficient (Wildman–Crippen LogP) is 2.99. The third-order valence-electron chi connectivity index (χ3n) is 4.90. The molecular weight excluding hydrogens is 411 g/mol. The topological polar surface area (TPSA) is 85.2 Å². The van der Waals surface area contributed by atoms with Gasteiger partial charge in [-0.1, -0.05) is 24.3 Å². The monoisotopic (exact) mass is 436 g/mol. The Morgan fingerprint density at radius 1 is 1.09 bits per heavy atom. The highest BCUT2D eigenvalue weighted by molar-refractivity contribution is 5.95. The van der Waals surface area contributed by atoms with Crippen molar-refractivity contribution in [3.05, 3.63) is 89.8 Å². The van der Waals surface area contributed by atoms with Gasteiger partial charge in [0.1, 0.15) is 29.5 Å². The number of carbonyl (C=O) groups excluding carboxylic acids is 2. The quantitative estimate of drug-likeness (QED) is 0.532. The summed E-state index contributed by atoms with van der Waals surface area (Å²) < 4.78 is 20.2. The molecule has 1 aromatic heterocycles. The van der Waals surface area contributed by atoms with Gasteiger partial charge in [0.05, 0.1) is 7.11 Å². The molecule has 7 nitrogen and oxygen atoms in total. The molecule has 2 atom stereocenters. The molecule has 0 spiro atoms. The molecule has 8 heteroatoms. The Balaban J connectivity index is 1.66. The van der Waals surface area contributed by atoms with Gasteiger partial charge in [0.25, 0.3) is 0 Å². The van der Waals surface area contributed by atoms with Gasteiger partial charge < -0.3 is 19.9 Å². The fraction of sp³-hybridized carbons (Fsp3) is 0.208. The first-order valence-electron chi connectivity index (χ1n) is 10.0. The summed E-state index contributed by atoms with van der Waals surface area (Å²) in [5, 5.41) is 5.54. The van der Waals surface area contributed by atoms with E-state index in [-0.39, 0.29) is 5.82 Å². The van der Waals surface area contributed by atoms with E-state index in [1.165, 1.54) is 18.2 Å². The van der Waals surface area contributed by atoms with E-state index in [4.69, 9.17) is 4.74 Å². The van der Waals surface area contributed by atoms with Crippen LogP contribution in [0.3, 0.4) is 0 Å². The van der Waals surface area contributed by atoms with E-state index < -0.39 is 23.9 Å². The van der Waals surface area contributed by atoms with E-state index in [0.29, 0.717) is 11.4 Å². The Morgan fingerprint density at radius 3 is 2.38 bits per heavy atom. The van der Waals surface area contributed by atoms with E-state index in [2.05, 4.69) is 15.6 Å². The van der Waals surface area contributed by atoms with Gasteiger partial charge in [-0.15, -0.1) is 0 Å². The summed E-state index contributed by atoms with van der Waals surface area (Å²) in [5.41, 5.74) is 1.50. The van der Waals surface area contributed by atoms with Crippen molar-refractivity contribution >= 4 is 17.9 Å². The van der Waals surface area contributed by atoms with Gasteiger partial charge in [-0.25, -0.2) is 9.37 Å². The lowest BCUT2D eigenvalue weighted by molar-refractivity contribution is -0.127. The molecule has 1 heterocycles. The molecule has 0 radical (unpaired) electrons. The van der Waals surface area contributed by atoms with Crippen molar-refractivity contribution in [1.29, 1.82) is 0 Å². The van der Waals surface area contributed by atoms with Crippen LogP contribution in [0.25, 0.3) is 6.08 Å². The smallest absolute Gasteiger partial charge is 0.244 e. The molecule has 2 unspecified atom stereocenters. The molecule has 32 heavy (non-hydrogen) atoms. The summed E-state index contributed by atoms with van der Waals surface area (Å²) >= 11 is 0. The van der Waals surface area contributed by atoms with Crippen LogP contribution in [-0.4, -0.2) is 34.5 Å². The Kier molecular flexibility index (Phi) is 7.38. The highest BCUT2D eigenvalue weighted by atomic mass is 19.1. The number of amides is 2. The van der Waals surface area contributed by atoms with Crippen LogP contribution < -0.4 is 15.4 Å². The van der Waals surface area contributed by atoms with Crippen molar-refractivity contribution < 1.29 is 18.7 Å². The zero-order valence-electron chi connectivity index (χ0n) is 18.1. The van der Waals surface area contributed by atoms with E-state index in [1.54, 1.807) is 68.4 Å². The van der Waals surface area contributed by atoms with Crippen molar-refractivity contribution in [3.63, 3.8) is 0 Å². The highest BCUT2D eigenvalue weighted by Crippen LogP contribution is 2.21. The summed E-state index contributed by atoms with van der Waals surface area (Å²) in [5.74, 6) is 0.137. The Bertz CT molecular complexity index is 1090. The Labute approximate surface area is 185 Å². The zero-order chi connectivity index (χ0) is 23.1. The van der Waals surface area contributed by atoms with Crippen LogP contribution in [0.2, 0.25) is 0 Å². The van der Waals surface area contributed by atoms with Crippen LogP contribution in [0.15, 0.2) is 67.0 Å². The van der Waals surface area contributed by atoms with Crippen LogP contribution >= 0.6 is 0 Å². The molecule has 0 aliphatic carbocycles. The number of nitrogens with one attached hydrogen (secondary N) is 2. The lowest BCUT2D eigenvalue weighted by Crippen LogP contribution is -2.46. The maximum absolute atomic E-state index is 13.4. The minimum absolute atomic E-state index is 0.372. The van der Waals surface area contributed by atoms with Crippen molar-refractivity contribution in [2.75, 3.05) is 7.11 Å². The van der Waals surface area contributed by atoms with E-state index in [0.717, 1.165) is 11.3 Å². The molecule has 0 aliphatic rings. The van der Waals surface area contributed by atoms with Crippen LogP contribution in [0.5, 0.6) is 5.75 Å². The molecule has 2 aromatic carbocycles. The van der Waals surface area contributed by atoms with Crippen LogP contribution in [0, 0.1) is 5.82 Å². The zero-order valence-corrected chi connectivity index (χ0v) is 18.1. The van der Waals surface area contributed by atoms with E-state index in [1.807, 2.05) is 12.1 Å². The molecule has 3 rings (SSSR count). The van der Waals surface area contributed by atoms with Crippen LogP contribution in [-0.2, 0) is 16.6 Å². The molecule has 2 amide bonds. The SMILES string of the molecule is COc1ccc(/C=C/C(=O)NC(C)C(=O)NC(c2ccc(F)cc2)c2nccn2C)cc1. The second kappa shape index (κ2) is 10.4. The van der Waals surface area contributed by atoms with Gasteiger partial charge in [-0.3, -0.25) is 9.59 Å². The number of ether oxygens (including phenoxy) is 1. The van der Waals surface area contributed by atoms with Crippen molar-refractivity contribution in [2.45, 2.75) is 19.0 Å². The summed E-state index contributed by atoms with van der Waals surface area (Å²) in [6.45, 7) is 1.59. The van der Waals surface area contributed by atoms with Crippen molar-refractivity contribution in [3.8, 4) is 5.75 Å². The average Bonchev–Trinajstić information content (AvgIpc) is 3.22. The number of imidazole rings is 1. The van der Waals surface area contributed by atoms with Gasteiger partial charge >= 0.3 is 0 Å². The number of aryl methyl sites for hydroxylation is 1. The average molecular weight is 436 g/mol. The second-order valence-electron chi connectivity index (χ2n) is 7.23. The number of nitrogens with zero attached hydrogens (tertiary/aromatic N) is 2. The molecule has 0 fully saturated rings. The fourth-order valence-electron chi connectivity index (χ4n) is 3.09. The number of hydrogen-bond acceptors (Lipinski definition) is 4. The molecule has 0 saturated heterocycles. The second-order valence-corrected chi connectivity index (χ2v) is 7.23. The molecule has 0 bridgehead atoms. The third kappa shape index (κ3) is 5.81. The first-order chi connectivity index (χ1) is 15.4. The lowest BCUT2D eigenvalue weighted by atomic mass is 10.1. The predicted molar refractivity (Wildman–Crippen MR) is 119 cm³/mol. The van der Waals surface area contributed by atoms with Gasteiger partial charge in [-0.05, 0) is 48.4 Å². The minimum Gasteiger partial charge on any atom is -0.497 e. The van der Waals surface area contributed by atoms with Crippen LogP contribution in [0.4, 0.5) is 4.39 Å². The molecule has 0 saturated carbocycles. The minimum atomic E-state index is -0.800. The maximum atomic E-state index is 13.4. The molecule has 3 aromatic rings. The highest BCUT2D eigenvalue weighted by Gasteiger charge is 2.24. The van der Waals surface area contributed by atoms with Gasteiger partial charge in [-0.2, -0.15) is 0 Å². The Hall–Kier alpha value is -3.94.